The standard InChI is InChI=1S/C13H17BrO/c1-9-3-4-11(10(2)12(9)14)7-13(8-15)5-6-13/h3-4,15H,5-8H2,1-2H3. The van der Waals surface area contributed by atoms with Crippen LogP contribution in [0.25, 0.3) is 0 Å². The van der Waals surface area contributed by atoms with E-state index in [1.54, 1.807) is 0 Å². The Morgan fingerprint density at radius 3 is 2.53 bits per heavy atom. The lowest BCUT2D eigenvalue weighted by Gasteiger charge is -2.15. The minimum Gasteiger partial charge on any atom is -0.396 e. The number of aliphatic hydroxyl groups excluding tert-OH is 1. The number of hydrogen-bond donors (Lipinski definition) is 1. The molecule has 2 heteroatoms. The molecule has 2 rings (SSSR count). The number of rotatable bonds is 3. The van der Waals surface area contributed by atoms with Gasteiger partial charge in [-0.1, -0.05) is 28.1 Å². The Morgan fingerprint density at radius 1 is 1.33 bits per heavy atom. The van der Waals surface area contributed by atoms with Crippen molar-refractivity contribution in [2.24, 2.45) is 5.41 Å². The first-order chi connectivity index (χ1) is 7.08. The molecule has 0 unspecified atom stereocenters. The van der Waals surface area contributed by atoms with Gasteiger partial charge in [0.05, 0.1) is 0 Å². The second-order valence-electron chi connectivity index (χ2n) is 4.82. The van der Waals surface area contributed by atoms with Crippen LogP contribution in [-0.4, -0.2) is 11.7 Å². The lowest BCUT2D eigenvalue weighted by Crippen LogP contribution is -2.11. The van der Waals surface area contributed by atoms with Gasteiger partial charge in [0.25, 0.3) is 0 Å². The number of halogens is 1. The first-order valence-electron chi connectivity index (χ1n) is 5.43. The first kappa shape index (κ1) is 11.2. The quantitative estimate of drug-likeness (QED) is 0.891. The number of hydrogen-bond acceptors (Lipinski definition) is 1. The fraction of sp³-hybridized carbons (Fsp3) is 0.538. The average Bonchev–Trinajstić information content (AvgIpc) is 3.00. The van der Waals surface area contributed by atoms with Crippen LogP contribution in [0, 0.1) is 19.3 Å². The van der Waals surface area contributed by atoms with Crippen LogP contribution in [0.5, 0.6) is 0 Å². The molecule has 0 heterocycles. The summed E-state index contributed by atoms with van der Waals surface area (Å²) in [6.07, 6.45) is 3.37. The van der Waals surface area contributed by atoms with Gasteiger partial charge in [-0.05, 0) is 55.2 Å². The van der Waals surface area contributed by atoms with E-state index in [4.69, 9.17) is 0 Å². The van der Waals surface area contributed by atoms with Gasteiger partial charge < -0.3 is 5.11 Å². The Labute approximate surface area is 99.6 Å². The maximum atomic E-state index is 9.32. The topological polar surface area (TPSA) is 20.2 Å². The zero-order chi connectivity index (χ0) is 11.1. The Bertz CT molecular complexity index is 380. The molecule has 0 radical (unpaired) electrons. The van der Waals surface area contributed by atoms with Crippen LogP contribution in [0.15, 0.2) is 16.6 Å². The van der Waals surface area contributed by atoms with Crippen molar-refractivity contribution >= 4 is 15.9 Å². The molecule has 1 aromatic rings. The lowest BCUT2D eigenvalue weighted by molar-refractivity contribution is 0.211. The molecule has 15 heavy (non-hydrogen) atoms. The summed E-state index contributed by atoms with van der Waals surface area (Å²) in [5, 5.41) is 9.32. The van der Waals surface area contributed by atoms with Gasteiger partial charge in [0, 0.05) is 11.1 Å². The van der Waals surface area contributed by atoms with Gasteiger partial charge in [0.2, 0.25) is 0 Å². The lowest BCUT2D eigenvalue weighted by atomic mass is 9.93. The number of aliphatic hydroxyl groups is 1. The molecule has 1 aliphatic carbocycles. The third-order valence-electron chi connectivity index (χ3n) is 3.55. The minimum absolute atomic E-state index is 0.208. The van der Waals surface area contributed by atoms with E-state index in [1.165, 1.54) is 34.0 Å². The Morgan fingerprint density at radius 2 is 2.00 bits per heavy atom. The number of benzene rings is 1. The Balaban J connectivity index is 2.26. The molecule has 0 spiro atoms. The van der Waals surface area contributed by atoms with E-state index in [0.717, 1.165) is 6.42 Å². The molecule has 1 fully saturated rings. The molecular weight excluding hydrogens is 252 g/mol. The Hall–Kier alpha value is -0.340. The summed E-state index contributed by atoms with van der Waals surface area (Å²) in [6.45, 7) is 4.59. The van der Waals surface area contributed by atoms with E-state index < -0.39 is 0 Å². The van der Waals surface area contributed by atoms with E-state index in [9.17, 15) is 5.11 Å². The van der Waals surface area contributed by atoms with Crippen molar-refractivity contribution in [3.8, 4) is 0 Å². The molecule has 1 aliphatic rings. The maximum absolute atomic E-state index is 9.32. The molecule has 0 amide bonds. The third-order valence-corrected chi connectivity index (χ3v) is 4.77. The van der Waals surface area contributed by atoms with Crippen LogP contribution in [0.1, 0.15) is 29.5 Å². The van der Waals surface area contributed by atoms with Gasteiger partial charge in [-0.2, -0.15) is 0 Å². The second kappa shape index (κ2) is 3.91. The summed E-state index contributed by atoms with van der Waals surface area (Å²) in [5.74, 6) is 0. The zero-order valence-corrected chi connectivity index (χ0v) is 10.9. The van der Waals surface area contributed by atoms with Gasteiger partial charge in [-0.15, -0.1) is 0 Å². The summed E-state index contributed by atoms with van der Waals surface area (Å²) in [6, 6.07) is 4.35. The maximum Gasteiger partial charge on any atom is 0.0490 e. The minimum atomic E-state index is 0.208. The zero-order valence-electron chi connectivity index (χ0n) is 9.31. The molecule has 1 saturated carbocycles. The Kier molecular flexibility index (Phi) is 2.91. The van der Waals surface area contributed by atoms with Crippen molar-refractivity contribution in [1.29, 1.82) is 0 Å². The molecular formula is C13H17BrO. The van der Waals surface area contributed by atoms with Crippen molar-refractivity contribution in [1.82, 2.24) is 0 Å². The monoisotopic (exact) mass is 268 g/mol. The van der Waals surface area contributed by atoms with Gasteiger partial charge in [-0.3, -0.25) is 0 Å². The van der Waals surface area contributed by atoms with Gasteiger partial charge in [-0.25, -0.2) is 0 Å². The van der Waals surface area contributed by atoms with E-state index in [1.807, 2.05) is 0 Å². The van der Waals surface area contributed by atoms with Crippen LogP contribution in [-0.2, 0) is 6.42 Å². The molecule has 1 aromatic carbocycles. The molecule has 1 N–H and O–H groups in total. The van der Waals surface area contributed by atoms with E-state index in [0.29, 0.717) is 6.61 Å². The summed E-state index contributed by atoms with van der Waals surface area (Å²) in [4.78, 5) is 0. The molecule has 0 aromatic heterocycles. The van der Waals surface area contributed by atoms with Crippen LogP contribution >= 0.6 is 15.9 Å². The molecule has 1 nitrogen and oxygen atoms in total. The van der Waals surface area contributed by atoms with E-state index in [-0.39, 0.29) is 5.41 Å². The molecule has 0 atom stereocenters. The van der Waals surface area contributed by atoms with Crippen molar-refractivity contribution in [3.05, 3.63) is 33.3 Å². The van der Waals surface area contributed by atoms with Crippen molar-refractivity contribution in [2.75, 3.05) is 6.61 Å². The summed E-state index contributed by atoms with van der Waals surface area (Å²) < 4.78 is 1.22. The highest BCUT2D eigenvalue weighted by atomic mass is 79.9. The second-order valence-corrected chi connectivity index (χ2v) is 5.61. The third kappa shape index (κ3) is 2.11. The predicted octanol–water partition coefficient (Wildman–Crippen LogP) is 3.38. The van der Waals surface area contributed by atoms with Crippen LogP contribution in [0.2, 0.25) is 0 Å². The molecule has 82 valence electrons. The van der Waals surface area contributed by atoms with Gasteiger partial charge >= 0.3 is 0 Å². The summed E-state index contributed by atoms with van der Waals surface area (Å²) in [5.41, 5.74) is 4.19. The summed E-state index contributed by atoms with van der Waals surface area (Å²) >= 11 is 3.62. The van der Waals surface area contributed by atoms with E-state index in [2.05, 4.69) is 41.9 Å². The fourth-order valence-electron chi connectivity index (χ4n) is 2.02. The van der Waals surface area contributed by atoms with E-state index >= 15 is 0 Å². The molecule has 0 aliphatic heterocycles. The highest BCUT2D eigenvalue weighted by Gasteiger charge is 2.42. The fourth-order valence-corrected chi connectivity index (χ4v) is 2.41. The van der Waals surface area contributed by atoms with Crippen LogP contribution < -0.4 is 0 Å². The smallest absolute Gasteiger partial charge is 0.0490 e. The normalized spacial score (nSPS) is 17.9. The highest BCUT2D eigenvalue weighted by Crippen LogP contribution is 2.48. The number of aryl methyl sites for hydroxylation is 1. The highest BCUT2D eigenvalue weighted by molar-refractivity contribution is 9.10. The predicted molar refractivity (Wildman–Crippen MR) is 66.1 cm³/mol. The van der Waals surface area contributed by atoms with Crippen LogP contribution in [0.4, 0.5) is 0 Å². The van der Waals surface area contributed by atoms with Gasteiger partial charge in [0.15, 0.2) is 0 Å². The first-order valence-corrected chi connectivity index (χ1v) is 6.23. The summed E-state index contributed by atoms with van der Waals surface area (Å²) in [7, 11) is 0. The average molecular weight is 269 g/mol. The van der Waals surface area contributed by atoms with Crippen molar-refractivity contribution in [3.63, 3.8) is 0 Å². The van der Waals surface area contributed by atoms with Gasteiger partial charge in [0.1, 0.15) is 0 Å². The van der Waals surface area contributed by atoms with Crippen LogP contribution in [0.3, 0.4) is 0 Å². The van der Waals surface area contributed by atoms with Crippen molar-refractivity contribution in [2.45, 2.75) is 33.1 Å². The molecule has 0 bridgehead atoms. The molecule has 0 saturated heterocycles. The van der Waals surface area contributed by atoms with Crippen molar-refractivity contribution < 1.29 is 5.11 Å². The SMILES string of the molecule is Cc1ccc(CC2(CO)CC2)c(C)c1Br. The largest absolute Gasteiger partial charge is 0.396 e.